The first-order chi connectivity index (χ1) is 15.4. The van der Waals surface area contributed by atoms with Crippen LogP contribution < -0.4 is 20.1 Å². The molecule has 3 rings (SSSR count). The molecule has 4 amide bonds. The Labute approximate surface area is 194 Å². The van der Waals surface area contributed by atoms with E-state index in [9.17, 15) is 14.4 Å². The van der Waals surface area contributed by atoms with Crippen molar-refractivity contribution in [2.75, 3.05) is 25.6 Å². The summed E-state index contributed by atoms with van der Waals surface area (Å²) in [5.41, 5.74) is 2.29. The molecule has 1 heterocycles. The second-order valence-electron chi connectivity index (χ2n) is 6.90. The zero-order chi connectivity index (χ0) is 23.3. The number of para-hydroxylation sites is 1. The van der Waals surface area contributed by atoms with E-state index in [1.54, 1.807) is 18.2 Å². The van der Waals surface area contributed by atoms with Gasteiger partial charge in [0.1, 0.15) is 12.2 Å². The number of imide groups is 1. The molecule has 168 valence electrons. The van der Waals surface area contributed by atoms with E-state index in [1.165, 1.54) is 13.2 Å². The van der Waals surface area contributed by atoms with Gasteiger partial charge >= 0.3 is 6.03 Å². The van der Waals surface area contributed by atoms with Gasteiger partial charge in [-0.3, -0.25) is 9.59 Å². The minimum atomic E-state index is -0.658. The SMILES string of the molecule is CCOc1cc(Br)c(/C=C2/NC(=O)N(CC(=O)Nc3ccccc3CC)C2=O)cc1OC. The smallest absolute Gasteiger partial charge is 0.329 e. The summed E-state index contributed by atoms with van der Waals surface area (Å²) >= 11 is 3.45. The number of rotatable bonds is 8. The van der Waals surface area contributed by atoms with Crippen LogP contribution in [-0.2, 0) is 16.0 Å². The normalized spacial score (nSPS) is 14.5. The Hall–Kier alpha value is -3.33. The number of methoxy groups -OCH3 is 1. The molecule has 0 bridgehead atoms. The van der Waals surface area contributed by atoms with Crippen LogP contribution in [0.25, 0.3) is 6.08 Å². The van der Waals surface area contributed by atoms with E-state index in [0.29, 0.717) is 33.8 Å². The van der Waals surface area contributed by atoms with Crippen molar-refractivity contribution in [1.29, 1.82) is 0 Å². The Bertz CT molecular complexity index is 1080. The Morgan fingerprint density at radius 1 is 1.19 bits per heavy atom. The highest BCUT2D eigenvalue weighted by Gasteiger charge is 2.35. The van der Waals surface area contributed by atoms with Crippen LogP contribution in [0.4, 0.5) is 10.5 Å². The number of anilines is 1. The lowest BCUT2D eigenvalue weighted by Gasteiger charge is -2.14. The summed E-state index contributed by atoms with van der Waals surface area (Å²) in [4.78, 5) is 38.5. The van der Waals surface area contributed by atoms with E-state index >= 15 is 0 Å². The maximum atomic E-state index is 12.8. The number of carbonyl (C=O) groups excluding carboxylic acids is 3. The number of nitrogens with zero attached hydrogens (tertiary/aromatic N) is 1. The largest absolute Gasteiger partial charge is 0.493 e. The lowest BCUT2D eigenvalue weighted by molar-refractivity contribution is -0.127. The van der Waals surface area contributed by atoms with Crippen LogP contribution in [-0.4, -0.2) is 43.0 Å². The summed E-state index contributed by atoms with van der Waals surface area (Å²) < 4.78 is 11.5. The molecular weight excluding hydrogens is 478 g/mol. The van der Waals surface area contributed by atoms with Crippen LogP contribution in [0, 0.1) is 0 Å². The second kappa shape index (κ2) is 10.3. The van der Waals surface area contributed by atoms with Gasteiger partial charge in [0.15, 0.2) is 11.5 Å². The molecule has 0 atom stereocenters. The molecule has 0 radical (unpaired) electrons. The van der Waals surface area contributed by atoms with Crippen molar-refractivity contribution < 1.29 is 23.9 Å². The summed E-state index contributed by atoms with van der Waals surface area (Å²) in [6.07, 6.45) is 2.26. The second-order valence-corrected chi connectivity index (χ2v) is 7.75. The zero-order valence-corrected chi connectivity index (χ0v) is 19.6. The van der Waals surface area contributed by atoms with E-state index < -0.39 is 24.4 Å². The third-order valence-electron chi connectivity index (χ3n) is 4.82. The van der Waals surface area contributed by atoms with Crippen molar-refractivity contribution in [3.8, 4) is 11.5 Å². The van der Waals surface area contributed by atoms with E-state index in [4.69, 9.17) is 9.47 Å². The monoisotopic (exact) mass is 501 g/mol. The van der Waals surface area contributed by atoms with Gasteiger partial charge in [0.05, 0.1) is 13.7 Å². The number of amides is 4. The van der Waals surface area contributed by atoms with Crippen molar-refractivity contribution >= 4 is 45.5 Å². The lowest BCUT2D eigenvalue weighted by atomic mass is 10.1. The minimum absolute atomic E-state index is 0.0590. The number of nitrogens with one attached hydrogen (secondary N) is 2. The van der Waals surface area contributed by atoms with E-state index in [0.717, 1.165) is 16.9 Å². The Balaban J connectivity index is 1.77. The van der Waals surface area contributed by atoms with Gasteiger partial charge in [0.25, 0.3) is 5.91 Å². The molecule has 0 unspecified atom stereocenters. The van der Waals surface area contributed by atoms with Crippen molar-refractivity contribution in [2.45, 2.75) is 20.3 Å². The number of hydrogen-bond donors (Lipinski definition) is 2. The van der Waals surface area contributed by atoms with Crippen molar-refractivity contribution in [1.82, 2.24) is 10.2 Å². The fraction of sp³-hybridized carbons (Fsp3) is 0.261. The molecule has 2 aromatic carbocycles. The van der Waals surface area contributed by atoms with E-state index in [1.807, 2.05) is 32.0 Å². The number of halogens is 1. The molecular formula is C23H24BrN3O5. The predicted octanol–water partition coefficient (Wildman–Crippen LogP) is 3.95. The van der Waals surface area contributed by atoms with E-state index in [2.05, 4.69) is 26.6 Å². The summed E-state index contributed by atoms with van der Waals surface area (Å²) in [7, 11) is 1.52. The maximum Gasteiger partial charge on any atom is 0.329 e. The van der Waals surface area contributed by atoms with Gasteiger partial charge in [-0.1, -0.05) is 41.1 Å². The minimum Gasteiger partial charge on any atom is -0.493 e. The Morgan fingerprint density at radius 3 is 2.62 bits per heavy atom. The molecule has 0 saturated carbocycles. The quantitative estimate of drug-likeness (QED) is 0.421. The van der Waals surface area contributed by atoms with Crippen LogP contribution in [0.2, 0.25) is 0 Å². The number of carbonyl (C=O) groups is 3. The number of benzene rings is 2. The Morgan fingerprint density at radius 2 is 1.94 bits per heavy atom. The molecule has 0 spiro atoms. The zero-order valence-electron chi connectivity index (χ0n) is 18.0. The highest BCUT2D eigenvalue weighted by atomic mass is 79.9. The molecule has 1 aliphatic heterocycles. The van der Waals surface area contributed by atoms with Crippen LogP contribution in [0.1, 0.15) is 25.0 Å². The molecule has 2 aromatic rings. The molecule has 1 aliphatic rings. The first kappa shape index (κ1) is 23.3. The van der Waals surface area contributed by atoms with E-state index in [-0.39, 0.29) is 5.70 Å². The number of aryl methyl sites for hydroxylation is 1. The van der Waals surface area contributed by atoms with Crippen LogP contribution in [0.3, 0.4) is 0 Å². The fourth-order valence-corrected chi connectivity index (χ4v) is 3.68. The maximum absolute atomic E-state index is 12.8. The highest BCUT2D eigenvalue weighted by molar-refractivity contribution is 9.10. The summed E-state index contributed by atoms with van der Waals surface area (Å²) in [6.45, 7) is 3.92. The third kappa shape index (κ3) is 5.11. The molecule has 1 fully saturated rings. The molecule has 9 heteroatoms. The first-order valence-electron chi connectivity index (χ1n) is 10.1. The molecule has 0 aliphatic carbocycles. The van der Waals surface area contributed by atoms with Crippen LogP contribution >= 0.6 is 15.9 Å². The molecule has 0 aromatic heterocycles. The average molecular weight is 502 g/mol. The van der Waals surface area contributed by atoms with Gasteiger partial charge in [-0.15, -0.1) is 0 Å². The molecule has 32 heavy (non-hydrogen) atoms. The van der Waals surface area contributed by atoms with Gasteiger partial charge in [0.2, 0.25) is 5.91 Å². The van der Waals surface area contributed by atoms with Crippen molar-refractivity contribution in [3.05, 3.63) is 57.7 Å². The standard InChI is InChI=1S/C23H24BrN3O5/c1-4-14-8-6-7-9-17(14)25-21(28)13-27-22(29)18(26-23(27)30)10-15-11-19(31-3)20(32-5-2)12-16(15)24/h6-12H,4-5,13H2,1-3H3,(H,25,28)(H,26,30)/b18-10+. The van der Waals surface area contributed by atoms with Gasteiger partial charge in [-0.05, 0) is 48.7 Å². The fourth-order valence-electron chi connectivity index (χ4n) is 3.24. The van der Waals surface area contributed by atoms with Crippen LogP contribution in [0.15, 0.2) is 46.6 Å². The number of urea groups is 1. The topological polar surface area (TPSA) is 97.0 Å². The average Bonchev–Trinajstić information content (AvgIpc) is 3.03. The van der Waals surface area contributed by atoms with Gasteiger partial charge in [-0.25, -0.2) is 9.69 Å². The number of ether oxygens (including phenoxy) is 2. The summed E-state index contributed by atoms with van der Waals surface area (Å²) in [6, 6.07) is 10.2. The molecule has 2 N–H and O–H groups in total. The predicted molar refractivity (Wildman–Crippen MR) is 125 cm³/mol. The Kier molecular flexibility index (Phi) is 7.53. The van der Waals surface area contributed by atoms with Gasteiger partial charge in [-0.2, -0.15) is 0 Å². The van der Waals surface area contributed by atoms with Crippen LogP contribution in [0.5, 0.6) is 11.5 Å². The molecule has 8 nitrogen and oxygen atoms in total. The highest BCUT2D eigenvalue weighted by Crippen LogP contribution is 2.35. The van der Waals surface area contributed by atoms with Gasteiger partial charge < -0.3 is 20.1 Å². The van der Waals surface area contributed by atoms with Gasteiger partial charge in [0, 0.05) is 10.2 Å². The number of hydrogen-bond acceptors (Lipinski definition) is 5. The third-order valence-corrected chi connectivity index (χ3v) is 5.51. The lowest BCUT2D eigenvalue weighted by Crippen LogP contribution is -2.38. The summed E-state index contributed by atoms with van der Waals surface area (Å²) in [5, 5.41) is 5.29. The summed E-state index contributed by atoms with van der Waals surface area (Å²) in [5.74, 6) is -0.00536. The van der Waals surface area contributed by atoms with Crippen molar-refractivity contribution in [3.63, 3.8) is 0 Å². The van der Waals surface area contributed by atoms with Crippen molar-refractivity contribution in [2.24, 2.45) is 0 Å². The molecule has 1 saturated heterocycles. The first-order valence-corrected chi connectivity index (χ1v) is 10.9.